The summed E-state index contributed by atoms with van der Waals surface area (Å²) in [5.41, 5.74) is 2.76. The number of hydrogen-bond donors (Lipinski definition) is 1. The summed E-state index contributed by atoms with van der Waals surface area (Å²) in [5, 5.41) is 2.81. The van der Waals surface area contributed by atoms with Crippen molar-refractivity contribution in [3.05, 3.63) is 53.6 Å². The van der Waals surface area contributed by atoms with E-state index in [2.05, 4.69) is 5.32 Å². The van der Waals surface area contributed by atoms with E-state index in [4.69, 9.17) is 9.47 Å². The number of anilines is 1. The van der Waals surface area contributed by atoms with Gasteiger partial charge in [-0.25, -0.2) is 0 Å². The van der Waals surface area contributed by atoms with Crippen LogP contribution in [0.2, 0.25) is 0 Å². The summed E-state index contributed by atoms with van der Waals surface area (Å²) in [6, 6.07) is 13.3. The van der Waals surface area contributed by atoms with Crippen molar-refractivity contribution in [2.45, 2.75) is 20.8 Å². The molecule has 0 spiro atoms. The van der Waals surface area contributed by atoms with Crippen molar-refractivity contribution in [3.8, 4) is 11.5 Å². The van der Waals surface area contributed by atoms with Crippen LogP contribution in [0.5, 0.6) is 11.5 Å². The lowest BCUT2D eigenvalue weighted by Gasteiger charge is -2.13. The van der Waals surface area contributed by atoms with Crippen LogP contribution in [0.25, 0.3) is 0 Å². The number of carbonyl (C=O) groups excluding carboxylic acids is 1. The van der Waals surface area contributed by atoms with E-state index in [0.29, 0.717) is 18.0 Å². The van der Waals surface area contributed by atoms with Crippen LogP contribution >= 0.6 is 0 Å². The van der Waals surface area contributed by atoms with Crippen molar-refractivity contribution in [2.75, 3.05) is 18.5 Å². The summed E-state index contributed by atoms with van der Waals surface area (Å²) in [4.78, 5) is 12.0. The number of carbonyl (C=O) groups is 1. The molecule has 116 valence electrons. The normalized spacial score (nSPS) is 10.1. The van der Waals surface area contributed by atoms with Gasteiger partial charge in [0.25, 0.3) is 5.91 Å². The summed E-state index contributed by atoms with van der Waals surface area (Å²) in [7, 11) is 0. The minimum Gasteiger partial charge on any atom is -0.492 e. The van der Waals surface area contributed by atoms with Crippen LogP contribution in [-0.4, -0.2) is 19.1 Å². The molecule has 4 heteroatoms. The molecule has 4 nitrogen and oxygen atoms in total. The second-order valence-electron chi connectivity index (χ2n) is 5.03. The van der Waals surface area contributed by atoms with E-state index < -0.39 is 0 Å². The van der Waals surface area contributed by atoms with Crippen LogP contribution in [0.4, 0.5) is 5.69 Å². The van der Waals surface area contributed by atoms with Crippen LogP contribution < -0.4 is 14.8 Å². The second kappa shape index (κ2) is 7.50. The van der Waals surface area contributed by atoms with Crippen LogP contribution in [0, 0.1) is 13.8 Å². The first-order valence-corrected chi connectivity index (χ1v) is 7.32. The van der Waals surface area contributed by atoms with Crippen molar-refractivity contribution >= 4 is 11.6 Å². The van der Waals surface area contributed by atoms with Gasteiger partial charge < -0.3 is 14.8 Å². The van der Waals surface area contributed by atoms with Gasteiger partial charge in [0.05, 0.1) is 12.3 Å². The number of benzene rings is 2. The third kappa shape index (κ3) is 4.25. The Balaban J connectivity index is 1.97. The van der Waals surface area contributed by atoms with Crippen molar-refractivity contribution in [1.29, 1.82) is 0 Å². The van der Waals surface area contributed by atoms with E-state index in [1.807, 2.05) is 57.2 Å². The lowest BCUT2D eigenvalue weighted by molar-refractivity contribution is -0.118. The van der Waals surface area contributed by atoms with Crippen molar-refractivity contribution in [3.63, 3.8) is 0 Å². The van der Waals surface area contributed by atoms with E-state index in [1.54, 1.807) is 6.07 Å². The van der Waals surface area contributed by atoms with E-state index in [9.17, 15) is 4.79 Å². The van der Waals surface area contributed by atoms with Gasteiger partial charge in [0.1, 0.15) is 11.5 Å². The molecule has 2 aromatic carbocycles. The van der Waals surface area contributed by atoms with Gasteiger partial charge in [0.15, 0.2) is 6.61 Å². The first kappa shape index (κ1) is 15.9. The number of para-hydroxylation sites is 2. The highest BCUT2D eigenvalue weighted by atomic mass is 16.5. The number of amides is 1. The van der Waals surface area contributed by atoms with Gasteiger partial charge in [-0.1, -0.05) is 24.3 Å². The second-order valence-corrected chi connectivity index (χ2v) is 5.03. The van der Waals surface area contributed by atoms with E-state index >= 15 is 0 Å². The molecule has 22 heavy (non-hydrogen) atoms. The van der Waals surface area contributed by atoms with Crippen molar-refractivity contribution in [2.24, 2.45) is 0 Å². The Morgan fingerprint density at radius 1 is 1.05 bits per heavy atom. The molecule has 0 heterocycles. The highest BCUT2D eigenvalue weighted by molar-refractivity contribution is 5.93. The van der Waals surface area contributed by atoms with Gasteiger partial charge in [-0.05, 0) is 50.1 Å². The lowest BCUT2D eigenvalue weighted by Crippen LogP contribution is -2.20. The lowest BCUT2D eigenvalue weighted by atomic mass is 10.1. The number of hydrogen-bond acceptors (Lipinski definition) is 3. The number of aryl methyl sites for hydroxylation is 2. The Hall–Kier alpha value is -2.49. The zero-order valence-corrected chi connectivity index (χ0v) is 13.2. The molecule has 0 aliphatic rings. The molecule has 2 rings (SSSR count). The highest BCUT2D eigenvalue weighted by Crippen LogP contribution is 2.24. The van der Waals surface area contributed by atoms with E-state index in [-0.39, 0.29) is 12.5 Å². The SMILES string of the molecule is CCOc1ccccc1NC(=O)COc1cc(C)ccc1C. The highest BCUT2D eigenvalue weighted by Gasteiger charge is 2.09. The van der Waals surface area contributed by atoms with Gasteiger partial charge in [0.2, 0.25) is 0 Å². The molecule has 0 atom stereocenters. The van der Waals surface area contributed by atoms with Gasteiger partial charge in [0, 0.05) is 0 Å². The standard InChI is InChI=1S/C18H21NO3/c1-4-21-16-8-6-5-7-15(16)19-18(20)12-22-17-11-13(2)9-10-14(17)3/h5-11H,4,12H2,1-3H3,(H,19,20). The fraction of sp³-hybridized carbons (Fsp3) is 0.278. The average molecular weight is 299 g/mol. The van der Waals surface area contributed by atoms with E-state index in [1.165, 1.54) is 0 Å². The van der Waals surface area contributed by atoms with Gasteiger partial charge in [-0.15, -0.1) is 0 Å². The topological polar surface area (TPSA) is 47.6 Å². The Bertz CT molecular complexity index is 653. The van der Waals surface area contributed by atoms with Gasteiger partial charge >= 0.3 is 0 Å². The van der Waals surface area contributed by atoms with Crippen LogP contribution in [0.15, 0.2) is 42.5 Å². The Morgan fingerprint density at radius 2 is 1.82 bits per heavy atom. The van der Waals surface area contributed by atoms with Crippen LogP contribution in [-0.2, 0) is 4.79 Å². The maximum atomic E-state index is 12.0. The molecular weight excluding hydrogens is 278 g/mol. The summed E-state index contributed by atoms with van der Waals surface area (Å²) >= 11 is 0. The first-order chi connectivity index (χ1) is 10.6. The molecule has 0 fully saturated rings. The quantitative estimate of drug-likeness (QED) is 0.884. The molecule has 0 aromatic heterocycles. The predicted molar refractivity (Wildman–Crippen MR) is 87.7 cm³/mol. The predicted octanol–water partition coefficient (Wildman–Crippen LogP) is 3.72. The number of ether oxygens (including phenoxy) is 2. The zero-order valence-electron chi connectivity index (χ0n) is 13.2. The maximum Gasteiger partial charge on any atom is 0.262 e. The van der Waals surface area contributed by atoms with Gasteiger partial charge in [-0.3, -0.25) is 4.79 Å². The Kier molecular flexibility index (Phi) is 5.42. The number of rotatable bonds is 6. The summed E-state index contributed by atoms with van der Waals surface area (Å²) in [6.45, 7) is 6.36. The fourth-order valence-electron chi connectivity index (χ4n) is 2.04. The molecule has 0 bridgehead atoms. The Morgan fingerprint density at radius 3 is 2.59 bits per heavy atom. The number of nitrogens with one attached hydrogen (secondary N) is 1. The van der Waals surface area contributed by atoms with Crippen LogP contribution in [0.1, 0.15) is 18.1 Å². The molecule has 1 N–H and O–H groups in total. The smallest absolute Gasteiger partial charge is 0.262 e. The summed E-state index contributed by atoms with van der Waals surface area (Å²) in [6.07, 6.45) is 0. The molecule has 0 saturated heterocycles. The van der Waals surface area contributed by atoms with Crippen molar-refractivity contribution in [1.82, 2.24) is 0 Å². The molecular formula is C18H21NO3. The average Bonchev–Trinajstić information content (AvgIpc) is 2.50. The van der Waals surface area contributed by atoms with Crippen LogP contribution in [0.3, 0.4) is 0 Å². The molecule has 0 aliphatic carbocycles. The molecule has 0 radical (unpaired) electrons. The monoisotopic (exact) mass is 299 g/mol. The first-order valence-electron chi connectivity index (χ1n) is 7.32. The fourth-order valence-corrected chi connectivity index (χ4v) is 2.04. The largest absolute Gasteiger partial charge is 0.492 e. The van der Waals surface area contributed by atoms with E-state index in [0.717, 1.165) is 16.9 Å². The molecule has 0 unspecified atom stereocenters. The zero-order chi connectivity index (χ0) is 15.9. The molecule has 0 aliphatic heterocycles. The summed E-state index contributed by atoms with van der Waals surface area (Å²) < 4.78 is 11.1. The minimum atomic E-state index is -0.215. The summed E-state index contributed by atoms with van der Waals surface area (Å²) in [5.74, 6) is 1.17. The third-order valence-corrected chi connectivity index (χ3v) is 3.16. The molecule has 2 aromatic rings. The van der Waals surface area contributed by atoms with Crippen molar-refractivity contribution < 1.29 is 14.3 Å². The maximum absolute atomic E-state index is 12.0. The molecule has 0 saturated carbocycles. The minimum absolute atomic E-state index is 0.0370. The Labute approximate surface area is 131 Å². The molecule has 1 amide bonds. The van der Waals surface area contributed by atoms with Gasteiger partial charge in [-0.2, -0.15) is 0 Å². The third-order valence-electron chi connectivity index (χ3n) is 3.16.